The minimum absolute atomic E-state index is 0.0763. The van der Waals surface area contributed by atoms with Crippen LogP contribution in [0, 0.1) is 3.70 Å². The average molecular weight is 436 g/mol. The van der Waals surface area contributed by atoms with Crippen molar-refractivity contribution < 1.29 is 14.3 Å². The molecular weight excluding hydrogens is 411 g/mol. The van der Waals surface area contributed by atoms with Crippen molar-refractivity contribution in [3.63, 3.8) is 0 Å². The maximum atomic E-state index is 12.6. The molecule has 0 spiro atoms. The minimum atomic E-state index is -0.604. The second-order valence-electron chi connectivity index (χ2n) is 5.25. The van der Waals surface area contributed by atoms with Gasteiger partial charge in [-0.2, -0.15) is 0 Å². The van der Waals surface area contributed by atoms with Crippen molar-refractivity contribution in [2.75, 3.05) is 13.7 Å². The van der Waals surface area contributed by atoms with Gasteiger partial charge >= 0.3 is 6.09 Å². The van der Waals surface area contributed by atoms with Gasteiger partial charge in [0, 0.05) is 6.04 Å². The Kier molecular flexibility index (Phi) is 8.97. The van der Waals surface area contributed by atoms with Gasteiger partial charge in [0.25, 0.3) is 0 Å². The summed E-state index contributed by atoms with van der Waals surface area (Å²) < 4.78 is 5.44. The fourth-order valence-electron chi connectivity index (χ4n) is 2.34. The van der Waals surface area contributed by atoms with Gasteiger partial charge in [0.05, 0.1) is 23.6 Å². The van der Waals surface area contributed by atoms with E-state index < -0.39 is 6.09 Å². The molecule has 0 unspecified atom stereocenters. The molecule has 0 aliphatic heterocycles. The van der Waals surface area contributed by atoms with Crippen molar-refractivity contribution in [3.05, 3.63) is 15.7 Å². The van der Waals surface area contributed by atoms with Gasteiger partial charge in [-0.05, 0) is 35.4 Å². The molecular formula is C15H25IN4O3. The molecule has 8 heteroatoms. The zero-order valence-electron chi connectivity index (χ0n) is 13.9. The Morgan fingerprint density at radius 2 is 2.22 bits per heavy atom. The summed E-state index contributed by atoms with van der Waals surface area (Å²) in [7, 11) is 1.28. The lowest BCUT2D eigenvalue weighted by molar-refractivity contribution is -0.133. The number of nitrogens with zero attached hydrogens (tertiary/aromatic N) is 2. The molecule has 0 saturated heterocycles. The summed E-state index contributed by atoms with van der Waals surface area (Å²) in [5.41, 5.74) is 0. The highest BCUT2D eigenvalue weighted by atomic mass is 127. The molecule has 7 nitrogen and oxygen atoms in total. The molecule has 1 heterocycles. The highest BCUT2D eigenvalue weighted by Crippen LogP contribution is 2.16. The molecule has 1 atom stereocenters. The van der Waals surface area contributed by atoms with Gasteiger partial charge in [0.2, 0.25) is 5.91 Å². The van der Waals surface area contributed by atoms with Crippen molar-refractivity contribution in [1.82, 2.24) is 20.2 Å². The lowest BCUT2D eigenvalue weighted by Gasteiger charge is -2.31. The number of rotatable bonds is 9. The summed E-state index contributed by atoms with van der Waals surface area (Å²) in [6, 6.07) is 0.129. The largest absolute Gasteiger partial charge is 0.453 e. The number of H-pyrrole nitrogens is 1. The van der Waals surface area contributed by atoms with Crippen LogP contribution < -0.4 is 5.32 Å². The lowest BCUT2D eigenvalue weighted by Crippen LogP contribution is -2.45. The molecule has 2 amide bonds. The number of nitrogens with one attached hydrogen (secondary N) is 2. The van der Waals surface area contributed by atoms with Gasteiger partial charge in [-0.3, -0.25) is 4.79 Å². The molecule has 130 valence electrons. The van der Waals surface area contributed by atoms with Crippen LogP contribution in [0.5, 0.6) is 0 Å². The third kappa shape index (κ3) is 6.76. The first kappa shape index (κ1) is 19.7. The number of imidazole rings is 1. The van der Waals surface area contributed by atoms with E-state index in [2.05, 4.69) is 56.5 Å². The van der Waals surface area contributed by atoms with Crippen LogP contribution >= 0.6 is 22.6 Å². The molecule has 0 bridgehead atoms. The minimum Gasteiger partial charge on any atom is -0.453 e. The van der Waals surface area contributed by atoms with Gasteiger partial charge in [0.15, 0.2) is 0 Å². The number of hydrogen-bond donors (Lipinski definition) is 2. The molecule has 2 N–H and O–H groups in total. The predicted molar refractivity (Wildman–Crippen MR) is 95.9 cm³/mol. The van der Waals surface area contributed by atoms with Gasteiger partial charge in [-0.15, -0.1) is 0 Å². The number of hydrogen-bond acceptors (Lipinski definition) is 4. The first-order valence-corrected chi connectivity index (χ1v) is 8.90. The summed E-state index contributed by atoms with van der Waals surface area (Å²) in [6.45, 7) is 4.53. The van der Waals surface area contributed by atoms with E-state index in [1.54, 1.807) is 11.1 Å². The molecule has 0 radical (unpaired) electrons. The molecule has 0 fully saturated rings. The number of unbranched alkanes of at least 4 members (excludes halogenated alkanes) is 1. The second-order valence-corrected chi connectivity index (χ2v) is 6.41. The summed E-state index contributed by atoms with van der Waals surface area (Å²) in [5.74, 6) is 0.612. The lowest BCUT2D eigenvalue weighted by atomic mass is 10.1. The molecule has 1 aromatic heterocycles. The van der Waals surface area contributed by atoms with Crippen molar-refractivity contribution in [3.8, 4) is 0 Å². The Morgan fingerprint density at radius 3 is 2.74 bits per heavy atom. The van der Waals surface area contributed by atoms with Crippen molar-refractivity contribution in [2.24, 2.45) is 0 Å². The Balaban J connectivity index is 2.80. The fraction of sp³-hybridized carbons (Fsp3) is 0.667. The number of carbonyl (C=O) groups is 2. The van der Waals surface area contributed by atoms with E-state index in [1.165, 1.54) is 7.11 Å². The van der Waals surface area contributed by atoms with E-state index in [-0.39, 0.29) is 18.5 Å². The molecule has 1 aromatic rings. The van der Waals surface area contributed by atoms with Gasteiger partial charge in [0.1, 0.15) is 12.4 Å². The number of ether oxygens (including phenoxy) is 1. The number of carbonyl (C=O) groups excluding carboxylic acids is 2. The zero-order valence-corrected chi connectivity index (χ0v) is 16.1. The summed E-state index contributed by atoms with van der Waals surface area (Å²) >= 11 is 2.15. The van der Waals surface area contributed by atoms with E-state index >= 15 is 0 Å². The number of methoxy groups -OCH3 is 1. The van der Waals surface area contributed by atoms with E-state index in [4.69, 9.17) is 0 Å². The highest BCUT2D eigenvalue weighted by Gasteiger charge is 2.23. The Hall–Kier alpha value is -1.32. The fourth-order valence-corrected chi connectivity index (χ4v) is 2.79. The normalized spacial score (nSPS) is 11.8. The SMILES string of the molecule is CCCC[C@@H](CC)N(Cc1ncc(I)[nH]1)C(=O)CNC(=O)OC. The van der Waals surface area contributed by atoms with E-state index in [0.717, 1.165) is 35.2 Å². The molecule has 0 saturated carbocycles. The highest BCUT2D eigenvalue weighted by molar-refractivity contribution is 14.1. The van der Waals surface area contributed by atoms with Crippen LogP contribution in [0.2, 0.25) is 0 Å². The number of alkyl carbamates (subject to hydrolysis) is 1. The van der Waals surface area contributed by atoms with E-state index in [0.29, 0.717) is 6.54 Å². The summed E-state index contributed by atoms with van der Waals surface area (Å²) in [4.78, 5) is 33.0. The third-order valence-electron chi connectivity index (χ3n) is 3.61. The van der Waals surface area contributed by atoms with Gasteiger partial charge in [-0.25, -0.2) is 9.78 Å². The Bertz CT molecular complexity index is 507. The quantitative estimate of drug-likeness (QED) is 0.583. The van der Waals surface area contributed by atoms with Crippen molar-refractivity contribution in [2.45, 2.75) is 52.1 Å². The Morgan fingerprint density at radius 1 is 1.48 bits per heavy atom. The maximum Gasteiger partial charge on any atom is 0.407 e. The molecule has 23 heavy (non-hydrogen) atoms. The number of amides is 2. The topological polar surface area (TPSA) is 87.3 Å². The molecule has 0 aliphatic carbocycles. The van der Waals surface area contributed by atoms with Crippen LogP contribution in [0.3, 0.4) is 0 Å². The molecule has 0 aliphatic rings. The standard InChI is InChI=1S/C15H25IN4O3/c1-4-6-7-11(5-2)20(10-13-17-8-12(16)19-13)14(21)9-18-15(22)23-3/h8,11H,4-7,9-10H2,1-3H3,(H,17,19)(H,18,22)/t11-/m1/s1. The van der Waals surface area contributed by atoms with Crippen LogP contribution in [0.1, 0.15) is 45.4 Å². The zero-order chi connectivity index (χ0) is 17.2. The van der Waals surface area contributed by atoms with Crippen LogP contribution in [-0.2, 0) is 16.1 Å². The average Bonchev–Trinajstić information content (AvgIpc) is 2.96. The van der Waals surface area contributed by atoms with E-state index in [1.807, 2.05) is 0 Å². The van der Waals surface area contributed by atoms with Gasteiger partial charge in [-0.1, -0.05) is 26.7 Å². The first-order chi connectivity index (χ1) is 11.0. The third-order valence-corrected chi connectivity index (χ3v) is 4.16. The monoisotopic (exact) mass is 436 g/mol. The van der Waals surface area contributed by atoms with Crippen LogP contribution in [0.25, 0.3) is 0 Å². The predicted octanol–water partition coefficient (Wildman–Crippen LogP) is 2.67. The molecule has 0 aromatic carbocycles. The van der Waals surface area contributed by atoms with Crippen LogP contribution in [0.15, 0.2) is 6.20 Å². The van der Waals surface area contributed by atoms with E-state index in [9.17, 15) is 9.59 Å². The van der Waals surface area contributed by atoms with Crippen molar-refractivity contribution in [1.29, 1.82) is 0 Å². The smallest absolute Gasteiger partial charge is 0.407 e. The maximum absolute atomic E-state index is 12.6. The van der Waals surface area contributed by atoms with Crippen molar-refractivity contribution >= 4 is 34.6 Å². The number of halogens is 1. The second kappa shape index (κ2) is 10.5. The first-order valence-electron chi connectivity index (χ1n) is 7.82. The summed E-state index contributed by atoms with van der Waals surface area (Å²) in [5, 5.41) is 2.45. The molecule has 1 rings (SSSR count). The van der Waals surface area contributed by atoms with Gasteiger partial charge < -0.3 is 19.9 Å². The van der Waals surface area contributed by atoms with Crippen LogP contribution in [-0.4, -0.2) is 46.6 Å². The van der Waals surface area contributed by atoms with Crippen LogP contribution in [0.4, 0.5) is 4.79 Å². The number of aromatic amines is 1. The Labute approximate surface area is 150 Å². The number of aromatic nitrogens is 2. The summed E-state index contributed by atoms with van der Waals surface area (Å²) in [6.07, 6.45) is 5.07.